The molecule has 0 amide bonds. The molecule has 0 radical (unpaired) electrons. The highest BCUT2D eigenvalue weighted by Gasteiger charge is 2.46. The smallest absolute Gasteiger partial charge is 0.160 e. The first-order valence-corrected chi connectivity index (χ1v) is 15.4. The van der Waals surface area contributed by atoms with Crippen LogP contribution in [0.3, 0.4) is 0 Å². The number of para-hydroxylation sites is 1. The lowest BCUT2D eigenvalue weighted by atomic mass is 9.67. The van der Waals surface area contributed by atoms with E-state index < -0.39 is 5.41 Å². The van der Waals surface area contributed by atoms with Crippen molar-refractivity contribution in [3.05, 3.63) is 192 Å². The average Bonchev–Trinajstić information content (AvgIpc) is 3.40. The largest absolute Gasteiger partial charge is 0.228 e. The number of nitrogens with zero attached hydrogens (tertiary/aromatic N) is 2. The molecule has 2 heteroatoms. The van der Waals surface area contributed by atoms with Gasteiger partial charge in [-0.3, -0.25) is 0 Å². The molecule has 45 heavy (non-hydrogen) atoms. The van der Waals surface area contributed by atoms with Crippen LogP contribution in [0.15, 0.2) is 170 Å². The van der Waals surface area contributed by atoms with Crippen molar-refractivity contribution in [3.8, 4) is 33.8 Å². The van der Waals surface area contributed by atoms with E-state index in [2.05, 4.69) is 158 Å². The molecule has 210 valence electrons. The maximum absolute atomic E-state index is 5.24. The quantitative estimate of drug-likeness (QED) is 0.210. The second-order valence-corrected chi connectivity index (χ2v) is 11.8. The molecule has 1 aliphatic rings. The van der Waals surface area contributed by atoms with Gasteiger partial charge >= 0.3 is 0 Å². The molecule has 8 aromatic rings. The molecule has 0 spiro atoms. The highest BCUT2D eigenvalue weighted by molar-refractivity contribution is 5.97. The van der Waals surface area contributed by atoms with Crippen LogP contribution >= 0.6 is 0 Å². The molecule has 1 aliphatic carbocycles. The van der Waals surface area contributed by atoms with Crippen molar-refractivity contribution >= 4 is 21.7 Å². The molecule has 0 atom stereocenters. The van der Waals surface area contributed by atoms with Crippen LogP contribution in [0.2, 0.25) is 0 Å². The van der Waals surface area contributed by atoms with Gasteiger partial charge < -0.3 is 0 Å². The van der Waals surface area contributed by atoms with Crippen LogP contribution < -0.4 is 0 Å². The van der Waals surface area contributed by atoms with E-state index in [0.29, 0.717) is 0 Å². The Labute approximate surface area is 262 Å². The van der Waals surface area contributed by atoms with Gasteiger partial charge in [0.2, 0.25) is 0 Å². The third-order valence-corrected chi connectivity index (χ3v) is 9.33. The summed E-state index contributed by atoms with van der Waals surface area (Å²) in [5.41, 5.74) is 11.0. The second-order valence-electron chi connectivity index (χ2n) is 11.8. The van der Waals surface area contributed by atoms with E-state index in [4.69, 9.17) is 9.97 Å². The van der Waals surface area contributed by atoms with Crippen LogP contribution in [0.25, 0.3) is 55.4 Å². The molecule has 0 saturated carbocycles. The van der Waals surface area contributed by atoms with Crippen LogP contribution in [0.4, 0.5) is 0 Å². The molecule has 2 nitrogen and oxygen atoms in total. The van der Waals surface area contributed by atoms with Gasteiger partial charge in [0, 0.05) is 16.5 Å². The van der Waals surface area contributed by atoms with E-state index in [1.165, 1.54) is 44.2 Å². The number of fused-ring (bicyclic) bond motifs is 5. The van der Waals surface area contributed by atoms with Crippen molar-refractivity contribution in [1.29, 1.82) is 0 Å². The molecule has 7 aromatic carbocycles. The Balaban J connectivity index is 1.37. The Morgan fingerprint density at radius 3 is 1.69 bits per heavy atom. The molecule has 9 rings (SSSR count). The minimum atomic E-state index is -0.508. The van der Waals surface area contributed by atoms with Gasteiger partial charge in [-0.2, -0.15) is 0 Å². The number of rotatable bonds is 4. The summed E-state index contributed by atoms with van der Waals surface area (Å²) in [6.45, 7) is 0. The van der Waals surface area contributed by atoms with Gasteiger partial charge in [-0.1, -0.05) is 146 Å². The Morgan fingerprint density at radius 2 is 0.978 bits per heavy atom. The van der Waals surface area contributed by atoms with E-state index in [1.54, 1.807) is 0 Å². The van der Waals surface area contributed by atoms with Crippen molar-refractivity contribution in [2.45, 2.75) is 5.41 Å². The van der Waals surface area contributed by atoms with Gasteiger partial charge in [-0.05, 0) is 68.4 Å². The maximum Gasteiger partial charge on any atom is 0.160 e. The van der Waals surface area contributed by atoms with Gasteiger partial charge in [-0.25, -0.2) is 9.97 Å². The fourth-order valence-electron chi connectivity index (χ4n) is 7.33. The molecule has 0 bridgehead atoms. The Bertz CT molecular complexity index is 2320. The topological polar surface area (TPSA) is 25.8 Å². The van der Waals surface area contributed by atoms with Crippen LogP contribution in [0, 0.1) is 0 Å². The summed E-state index contributed by atoms with van der Waals surface area (Å²) < 4.78 is 0. The Kier molecular flexibility index (Phi) is 5.76. The fourth-order valence-corrected chi connectivity index (χ4v) is 7.33. The summed E-state index contributed by atoms with van der Waals surface area (Å²) in [6, 6.07) is 60.9. The third kappa shape index (κ3) is 3.89. The van der Waals surface area contributed by atoms with Gasteiger partial charge in [-0.15, -0.1) is 0 Å². The van der Waals surface area contributed by atoms with E-state index in [-0.39, 0.29) is 0 Å². The molecule has 0 N–H and O–H groups in total. The third-order valence-electron chi connectivity index (χ3n) is 9.33. The lowest BCUT2D eigenvalue weighted by Gasteiger charge is -2.34. The van der Waals surface area contributed by atoms with E-state index in [1.807, 2.05) is 12.1 Å². The van der Waals surface area contributed by atoms with Crippen molar-refractivity contribution in [3.63, 3.8) is 0 Å². The zero-order valence-corrected chi connectivity index (χ0v) is 24.6. The van der Waals surface area contributed by atoms with E-state index in [9.17, 15) is 0 Å². The fraction of sp³-hybridized carbons (Fsp3) is 0.0233. The van der Waals surface area contributed by atoms with Crippen LogP contribution in [0.5, 0.6) is 0 Å². The molecule has 0 aliphatic heterocycles. The predicted molar refractivity (Wildman–Crippen MR) is 185 cm³/mol. The Hall–Kier alpha value is -5.86. The van der Waals surface area contributed by atoms with Gasteiger partial charge in [0.05, 0.1) is 16.6 Å². The van der Waals surface area contributed by atoms with E-state index in [0.717, 1.165) is 33.5 Å². The Morgan fingerprint density at radius 1 is 0.400 bits per heavy atom. The van der Waals surface area contributed by atoms with Crippen LogP contribution in [0.1, 0.15) is 22.3 Å². The first kappa shape index (κ1) is 25.6. The predicted octanol–water partition coefficient (Wildman–Crippen LogP) is 10.5. The maximum atomic E-state index is 5.24. The summed E-state index contributed by atoms with van der Waals surface area (Å²) >= 11 is 0. The number of hydrogen-bond donors (Lipinski definition) is 0. The zero-order chi connectivity index (χ0) is 29.8. The van der Waals surface area contributed by atoms with Gasteiger partial charge in [0.15, 0.2) is 5.82 Å². The van der Waals surface area contributed by atoms with Crippen LogP contribution in [-0.2, 0) is 5.41 Å². The molecular formula is C43H28N2. The SMILES string of the molecule is c1ccc(-c2nc(-c3ccc4c(c3)C(c3ccccc3)(c3ccccc3)c3cc5ccccc5cc3-4)nc3ccccc23)cc1. The standard InChI is InChI=1S/C43H28N2/c1-4-14-29(15-5-1)41-36-22-12-13-23-40(36)44-42(45-41)32-24-25-35-37-26-30-16-10-11-17-31(30)27-39(37)43(38(35)28-32,33-18-6-2-7-19-33)34-20-8-3-9-21-34/h1-28H. The second kappa shape index (κ2) is 10.1. The van der Waals surface area contributed by atoms with Gasteiger partial charge in [0.25, 0.3) is 0 Å². The number of hydrogen-bond acceptors (Lipinski definition) is 2. The summed E-state index contributed by atoms with van der Waals surface area (Å²) in [7, 11) is 0. The number of benzene rings is 7. The summed E-state index contributed by atoms with van der Waals surface area (Å²) in [5, 5.41) is 3.54. The molecule has 0 fully saturated rings. The molecule has 0 saturated heterocycles. The molecule has 1 aromatic heterocycles. The summed E-state index contributed by atoms with van der Waals surface area (Å²) in [4.78, 5) is 10.4. The minimum absolute atomic E-state index is 0.508. The first-order valence-electron chi connectivity index (χ1n) is 15.4. The monoisotopic (exact) mass is 572 g/mol. The van der Waals surface area contributed by atoms with Gasteiger partial charge in [0.1, 0.15) is 0 Å². The highest BCUT2D eigenvalue weighted by atomic mass is 14.9. The first-order chi connectivity index (χ1) is 22.3. The van der Waals surface area contributed by atoms with Crippen molar-refractivity contribution in [1.82, 2.24) is 9.97 Å². The molecular weight excluding hydrogens is 544 g/mol. The average molecular weight is 573 g/mol. The highest BCUT2D eigenvalue weighted by Crippen LogP contribution is 2.57. The van der Waals surface area contributed by atoms with Crippen molar-refractivity contribution in [2.75, 3.05) is 0 Å². The summed E-state index contributed by atoms with van der Waals surface area (Å²) in [6.07, 6.45) is 0. The lowest BCUT2D eigenvalue weighted by molar-refractivity contribution is 0.769. The molecule has 1 heterocycles. The molecule has 0 unspecified atom stereocenters. The normalized spacial score (nSPS) is 13.1. The lowest BCUT2D eigenvalue weighted by Crippen LogP contribution is -2.28. The number of aromatic nitrogens is 2. The van der Waals surface area contributed by atoms with Crippen LogP contribution in [-0.4, -0.2) is 9.97 Å². The van der Waals surface area contributed by atoms with Crippen molar-refractivity contribution in [2.24, 2.45) is 0 Å². The summed E-state index contributed by atoms with van der Waals surface area (Å²) in [5.74, 6) is 0.728. The minimum Gasteiger partial charge on any atom is -0.228 e. The van der Waals surface area contributed by atoms with E-state index >= 15 is 0 Å². The van der Waals surface area contributed by atoms with Crippen molar-refractivity contribution < 1.29 is 0 Å². The zero-order valence-electron chi connectivity index (χ0n) is 24.6.